The van der Waals surface area contributed by atoms with Gasteiger partial charge in [-0.1, -0.05) is 23.4 Å². The average molecular weight is 234 g/mol. The molecule has 1 aliphatic heterocycles. The Kier molecular flexibility index (Phi) is 3.10. The predicted octanol–water partition coefficient (Wildman–Crippen LogP) is 1.50. The molecule has 1 atom stereocenters. The van der Waals surface area contributed by atoms with Crippen LogP contribution in [0.2, 0.25) is 0 Å². The van der Waals surface area contributed by atoms with Crippen LogP contribution < -0.4 is 0 Å². The van der Waals surface area contributed by atoms with Crippen molar-refractivity contribution in [1.29, 1.82) is 0 Å². The normalized spacial score (nSPS) is 17.9. The van der Waals surface area contributed by atoms with E-state index >= 15 is 0 Å². The summed E-state index contributed by atoms with van der Waals surface area (Å²) in [7, 11) is 0. The van der Waals surface area contributed by atoms with Crippen molar-refractivity contribution in [3.8, 4) is 0 Å². The molecular formula is C12H14N2O3. The topological polar surface area (TPSA) is 62.1 Å². The van der Waals surface area contributed by atoms with E-state index in [1.807, 2.05) is 0 Å². The molecular weight excluding hydrogens is 220 g/mol. The van der Waals surface area contributed by atoms with Crippen molar-refractivity contribution < 1.29 is 14.7 Å². The first kappa shape index (κ1) is 11.6. The summed E-state index contributed by atoms with van der Waals surface area (Å²) in [6.45, 7) is 3.52. The third-order valence-corrected chi connectivity index (χ3v) is 2.47. The zero-order valence-electron chi connectivity index (χ0n) is 9.75. The molecule has 0 bridgehead atoms. The van der Waals surface area contributed by atoms with E-state index in [2.05, 4.69) is 5.16 Å². The average Bonchev–Trinajstić information content (AvgIpc) is 2.54. The van der Waals surface area contributed by atoms with E-state index < -0.39 is 6.23 Å². The van der Waals surface area contributed by atoms with Crippen molar-refractivity contribution in [2.24, 2.45) is 5.16 Å². The maximum Gasteiger partial charge on any atom is 0.259 e. The highest BCUT2D eigenvalue weighted by atomic mass is 16.6. The third-order valence-electron chi connectivity index (χ3n) is 2.47. The van der Waals surface area contributed by atoms with E-state index in [4.69, 9.17) is 4.84 Å². The minimum atomic E-state index is -0.953. The lowest BCUT2D eigenvalue weighted by molar-refractivity contribution is -0.0454. The first-order valence-electron chi connectivity index (χ1n) is 5.32. The number of fused-ring (bicyclic) bond motifs is 1. The fourth-order valence-corrected chi connectivity index (χ4v) is 1.70. The molecule has 1 aromatic rings. The van der Waals surface area contributed by atoms with Gasteiger partial charge in [0, 0.05) is 11.1 Å². The molecule has 90 valence electrons. The van der Waals surface area contributed by atoms with Crippen molar-refractivity contribution in [1.82, 2.24) is 4.90 Å². The van der Waals surface area contributed by atoms with Crippen molar-refractivity contribution in [3.05, 3.63) is 35.4 Å². The summed E-state index contributed by atoms with van der Waals surface area (Å²) < 4.78 is 0. The van der Waals surface area contributed by atoms with Crippen LogP contribution in [0.15, 0.2) is 29.4 Å². The van der Waals surface area contributed by atoms with Gasteiger partial charge in [0.1, 0.15) is 0 Å². The highest BCUT2D eigenvalue weighted by Gasteiger charge is 2.35. The van der Waals surface area contributed by atoms with Gasteiger partial charge in [0.05, 0.1) is 5.71 Å². The molecule has 2 rings (SSSR count). The van der Waals surface area contributed by atoms with Crippen LogP contribution in [-0.4, -0.2) is 28.4 Å². The van der Waals surface area contributed by atoms with Gasteiger partial charge >= 0.3 is 0 Å². The Morgan fingerprint density at radius 2 is 2.18 bits per heavy atom. The fraction of sp³-hybridized carbons (Fsp3) is 0.333. The summed E-state index contributed by atoms with van der Waals surface area (Å²) in [6, 6.07) is 6.97. The van der Waals surface area contributed by atoms with Crippen molar-refractivity contribution in [3.63, 3.8) is 0 Å². The van der Waals surface area contributed by atoms with E-state index in [0.717, 1.165) is 5.71 Å². The molecule has 1 aromatic carbocycles. The van der Waals surface area contributed by atoms with Crippen LogP contribution in [0.3, 0.4) is 0 Å². The maximum absolute atomic E-state index is 11.9. The Hall–Kier alpha value is -1.88. The second-order valence-corrected chi connectivity index (χ2v) is 4.03. The number of benzene rings is 1. The smallest absolute Gasteiger partial charge is 0.259 e. The van der Waals surface area contributed by atoms with E-state index in [-0.39, 0.29) is 12.6 Å². The molecule has 17 heavy (non-hydrogen) atoms. The molecule has 5 nitrogen and oxygen atoms in total. The molecule has 0 radical (unpaired) electrons. The summed E-state index contributed by atoms with van der Waals surface area (Å²) in [5, 5.41) is 13.7. The molecule has 5 heteroatoms. The Balaban J connectivity index is 2.13. The summed E-state index contributed by atoms with van der Waals surface area (Å²) in [4.78, 5) is 18.1. The Morgan fingerprint density at radius 1 is 1.47 bits per heavy atom. The van der Waals surface area contributed by atoms with Gasteiger partial charge in [-0.05, 0) is 19.9 Å². The molecule has 1 amide bonds. The number of hydrogen-bond donors (Lipinski definition) is 1. The van der Waals surface area contributed by atoms with Crippen LogP contribution in [0, 0.1) is 0 Å². The second-order valence-electron chi connectivity index (χ2n) is 4.03. The lowest BCUT2D eigenvalue weighted by Crippen LogP contribution is -2.29. The Morgan fingerprint density at radius 3 is 2.82 bits per heavy atom. The van der Waals surface area contributed by atoms with Gasteiger partial charge in [0.2, 0.25) is 0 Å². The lowest BCUT2D eigenvalue weighted by atomic mass is 10.1. The van der Waals surface area contributed by atoms with Gasteiger partial charge in [-0.15, -0.1) is 0 Å². The number of rotatable bonds is 3. The molecule has 0 spiro atoms. The van der Waals surface area contributed by atoms with Crippen LogP contribution in [-0.2, 0) is 4.84 Å². The number of carbonyl (C=O) groups is 1. The number of aliphatic hydroxyl groups is 1. The molecule has 0 fully saturated rings. The lowest BCUT2D eigenvalue weighted by Gasteiger charge is -2.18. The highest BCUT2D eigenvalue weighted by molar-refractivity contribution is 5.98. The molecule has 1 unspecified atom stereocenters. The summed E-state index contributed by atoms with van der Waals surface area (Å²) >= 11 is 0. The van der Waals surface area contributed by atoms with E-state index in [0.29, 0.717) is 11.1 Å². The van der Waals surface area contributed by atoms with Gasteiger partial charge in [0.15, 0.2) is 13.0 Å². The molecule has 1 aliphatic rings. The quantitative estimate of drug-likeness (QED) is 0.637. The number of oxime groups is 1. The molecule has 0 saturated heterocycles. The van der Waals surface area contributed by atoms with Crippen LogP contribution >= 0.6 is 0 Å². The predicted molar refractivity (Wildman–Crippen MR) is 62.3 cm³/mol. The van der Waals surface area contributed by atoms with E-state index in [1.165, 1.54) is 4.90 Å². The SMILES string of the molecule is CC(C)=NOCN1C(=O)c2ccccc2C1O. The van der Waals surface area contributed by atoms with Crippen LogP contribution in [0.1, 0.15) is 36.0 Å². The number of amides is 1. The van der Waals surface area contributed by atoms with Crippen LogP contribution in [0.25, 0.3) is 0 Å². The first-order chi connectivity index (χ1) is 8.11. The molecule has 1 heterocycles. The highest BCUT2D eigenvalue weighted by Crippen LogP contribution is 2.30. The minimum absolute atomic E-state index is 0.0557. The zero-order chi connectivity index (χ0) is 12.4. The van der Waals surface area contributed by atoms with Crippen LogP contribution in [0.5, 0.6) is 0 Å². The number of hydrogen-bond acceptors (Lipinski definition) is 4. The van der Waals surface area contributed by atoms with Crippen molar-refractivity contribution in [2.45, 2.75) is 20.1 Å². The number of carbonyl (C=O) groups excluding carboxylic acids is 1. The van der Waals surface area contributed by atoms with Crippen molar-refractivity contribution in [2.75, 3.05) is 6.73 Å². The van der Waals surface area contributed by atoms with Gasteiger partial charge in [0.25, 0.3) is 5.91 Å². The van der Waals surface area contributed by atoms with Gasteiger partial charge < -0.3 is 9.94 Å². The third kappa shape index (κ3) is 2.14. The largest absolute Gasteiger partial charge is 0.374 e. The minimum Gasteiger partial charge on any atom is -0.374 e. The summed E-state index contributed by atoms with van der Waals surface area (Å²) in [5.74, 6) is -0.239. The monoisotopic (exact) mass is 234 g/mol. The molecule has 0 aromatic heterocycles. The molecule has 1 N–H and O–H groups in total. The Bertz CT molecular complexity index is 467. The summed E-state index contributed by atoms with van der Waals surface area (Å²) in [6.07, 6.45) is -0.953. The number of nitrogens with zero attached hydrogens (tertiary/aromatic N) is 2. The number of aliphatic hydroxyl groups excluding tert-OH is 1. The Labute approximate surface area is 99.3 Å². The molecule has 0 saturated carbocycles. The van der Waals surface area contributed by atoms with Crippen molar-refractivity contribution >= 4 is 11.6 Å². The first-order valence-corrected chi connectivity index (χ1v) is 5.32. The van der Waals surface area contributed by atoms with Gasteiger partial charge in [-0.25, -0.2) is 0 Å². The van der Waals surface area contributed by atoms with E-state index in [9.17, 15) is 9.90 Å². The van der Waals surface area contributed by atoms with Crippen LogP contribution in [0.4, 0.5) is 0 Å². The van der Waals surface area contributed by atoms with Gasteiger partial charge in [-0.3, -0.25) is 9.69 Å². The van der Waals surface area contributed by atoms with Gasteiger partial charge in [-0.2, -0.15) is 0 Å². The summed E-state index contributed by atoms with van der Waals surface area (Å²) in [5.41, 5.74) is 1.88. The maximum atomic E-state index is 11.9. The standard InChI is InChI=1S/C12H14N2O3/c1-8(2)13-17-7-14-11(15)9-5-3-4-6-10(9)12(14)16/h3-6,11,15H,7H2,1-2H3. The zero-order valence-corrected chi connectivity index (χ0v) is 9.75. The fourth-order valence-electron chi connectivity index (χ4n) is 1.70. The second kappa shape index (κ2) is 4.55. The van der Waals surface area contributed by atoms with E-state index in [1.54, 1.807) is 38.1 Å². The molecule has 0 aliphatic carbocycles.